The van der Waals surface area contributed by atoms with Crippen molar-refractivity contribution in [1.29, 1.82) is 0 Å². The summed E-state index contributed by atoms with van der Waals surface area (Å²) >= 11 is 0. The van der Waals surface area contributed by atoms with Crippen molar-refractivity contribution in [2.75, 3.05) is 6.54 Å². The van der Waals surface area contributed by atoms with E-state index in [4.69, 9.17) is 10.8 Å². The van der Waals surface area contributed by atoms with Gasteiger partial charge in [0.2, 0.25) is 0 Å². The van der Waals surface area contributed by atoms with Crippen LogP contribution in [0.3, 0.4) is 0 Å². The summed E-state index contributed by atoms with van der Waals surface area (Å²) in [6, 6.07) is 8.70. The minimum atomic E-state index is -0.940. The predicted octanol–water partition coefficient (Wildman–Crippen LogP) is 1.29. The van der Waals surface area contributed by atoms with Crippen LogP contribution in [0.15, 0.2) is 30.3 Å². The van der Waals surface area contributed by atoms with E-state index < -0.39 is 17.9 Å². The maximum atomic E-state index is 11.2. The molecule has 0 heterocycles. The number of carboxylic acid groups (broad SMARTS) is 1. The minimum Gasteiger partial charge on any atom is -0.481 e. The van der Waals surface area contributed by atoms with E-state index >= 15 is 0 Å². The molecule has 0 aliphatic rings. The molecule has 17 heavy (non-hydrogen) atoms. The highest BCUT2D eigenvalue weighted by atomic mass is 16.4. The Morgan fingerprint density at radius 2 is 1.94 bits per heavy atom. The fraction of sp³-hybridized carbons (Fsp3) is 0.333. The first kappa shape index (κ1) is 13.0. The molecule has 0 radical (unpaired) electrons. The number of benzene rings is 1. The van der Waals surface area contributed by atoms with Crippen molar-refractivity contribution in [3.63, 3.8) is 0 Å². The Kier molecular flexibility index (Phi) is 4.51. The molecular weight excluding hydrogens is 220 g/mol. The van der Waals surface area contributed by atoms with Gasteiger partial charge in [0.15, 0.2) is 0 Å². The molecule has 3 N–H and O–H groups in total. The molecule has 0 aromatic heterocycles. The SMILES string of the molecule is CC(CN(Cc1ccccc1)C(N)=O)C(=O)O. The lowest BCUT2D eigenvalue weighted by molar-refractivity contribution is -0.141. The highest BCUT2D eigenvalue weighted by Crippen LogP contribution is 2.07. The van der Waals surface area contributed by atoms with Crippen LogP contribution in [-0.4, -0.2) is 28.6 Å². The van der Waals surface area contributed by atoms with E-state index in [1.807, 2.05) is 30.3 Å². The predicted molar refractivity (Wildman–Crippen MR) is 63.2 cm³/mol. The quantitative estimate of drug-likeness (QED) is 0.807. The standard InChI is InChI=1S/C12H16N2O3/c1-9(11(15)16)7-14(12(13)17)8-10-5-3-2-4-6-10/h2-6,9H,7-8H2,1H3,(H2,13,17)(H,15,16). The Morgan fingerprint density at radius 3 is 2.41 bits per heavy atom. The molecule has 5 nitrogen and oxygen atoms in total. The van der Waals surface area contributed by atoms with Gasteiger partial charge in [0, 0.05) is 13.1 Å². The highest BCUT2D eigenvalue weighted by Gasteiger charge is 2.18. The van der Waals surface area contributed by atoms with Crippen molar-refractivity contribution in [2.24, 2.45) is 11.7 Å². The van der Waals surface area contributed by atoms with Crippen LogP contribution in [-0.2, 0) is 11.3 Å². The van der Waals surface area contributed by atoms with E-state index in [2.05, 4.69) is 0 Å². The number of carbonyl (C=O) groups is 2. The largest absolute Gasteiger partial charge is 0.481 e. The van der Waals surface area contributed by atoms with E-state index in [9.17, 15) is 9.59 Å². The van der Waals surface area contributed by atoms with Crippen LogP contribution in [0.1, 0.15) is 12.5 Å². The first-order chi connectivity index (χ1) is 8.00. The van der Waals surface area contributed by atoms with Crippen LogP contribution >= 0.6 is 0 Å². The molecular formula is C12H16N2O3. The number of hydrogen-bond donors (Lipinski definition) is 2. The van der Waals surface area contributed by atoms with Gasteiger partial charge in [-0.1, -0.05) is 37.3 Å². The number of urea groups is 1. The van der Waals surface area contributed by atoms with E-state index in [0.717, 1.165) is 5.56 Å². The Balaban J connectivity index is 2.67. The average Bonchev–Trinajstić information content (AvgIpc) is 2.29. The van der Waals surface area contributed by atoms with Crippen LogP contribution in [0.25, 0.3) is 0 Å². The van der Waals surface area contributed by atoms with Crippen LogP contribution in [0.2, 0.25) is 0 Å². The fourth-order valence-corrected chi connectivity index (χ4v) is 1.44. The van der Waals surface area contributed by atoms with E-state index in [1.54, 1.807) is 6.92 Å². The second-order valence-electron chi connectivity index (χ2n) is 3.94. The highest BCUT2D eigenvalue weighted by molar-refractivity contribution is 5.74. The normalized spacial score (nSPS) is 11.8. The number of nitrogens with zero attached hydrogens (tertiary/aromatic N) is 1. The number of carboxylic acids is 1. The number of hydrogen-bond acceptors (Lipinski definition) is 2. The van der Waals surface area contributed by atoms with E-state index in [1.165, 1.54) is 4.90 Å². The van der Waals surface area contributed by atoms with Gasteiger partial charge in [0.05, 0.1) is 5.92 Å². The summed E-state index contributed by atoms with van der Waals surface area (Å²) in [6.07, 6.45) is 0. The number of primary amides is 1. The van der Waals surface area contributed by atoms with Crippen LogP contribution in [0, 0.1) is 5.92 Å². The third-order valence-electron chi connectivity index (χ3n) is 2.44. The Labute approximate surface area is 99.8 Å². The molecule has 5 heteroatoms. The molecule has 2 amide bonds. The summed E-state index contributed by atoms with van der Waals surface area (Å²) in [6.45, 7) is 1.98. The summed E-state index contributed by atoms with van der Waals surface area (Å²) in [5.74, 6) is -1.57. The Bertz CT molecular complexity index is 392. The number of rotatable bonds is 5. The zero-order valence-electron chi connectivity index (χ0n) is 9.67. The zero-order valence-corrected chi connectivity index (χ0v) is 9.67. The van der Waals surface area contributed by atoms with Crippen molar-refractivity contribution in [2.45, 2.75) is 13.5 Å². The van der Waals surface area contributed by atoms with Crippen LogP contribution in [0.5, 0.6) is 0 Å². The van der Waals surface area contributed by atoms with Crippen molar-refractivity contribution in [1.82, 2.24) is 4.90 Å². The summed E-state index contributed by atoms with van der Waals surface area (Å²) < 4.78 is 0. The van der Waals surface area contributed by atoms with Crippen LogP contribution in [0.4, 0.5) is 4.79 Å². The van der Waals surface area contributed by atoms with E-state index in [0.29, 0.717) is 6.54 Å². The lowest BCUT2D eigenvalue weighted by Gasteiger charge is -2.22. The van der Waals surface area contributed by atoms with Gasteiger partial charge in [-0.3, -0.25) is 4.79 Å². The first-order valence-electron chi connectivity index (χ1n) is 5.32. The third kappa shape index (κ3) is 4.14. The molecule has 1 aromatic rings. The van der Waals surface area contributed by atoms with Crippen molar-refractivity contribution >= 4 is 12.0 Å². The molecule has 0 bridgehead atoms. The zero-order chi connectivity index (χ0) is 12.8. The smallest absolute Gasteiger partial charge is 0.315 e. The van der Waals surface area contributed by atoms with Gasteiger partial charge >= 0.3 is 12.0 Å². The number of nitrogens with two attached hydrogens (primary N) is 1. The molecule has 1 unspecified atom stereocenters. The molecule has 92 valence electrons. The molecule has 0 aliphatic carbocycles. The fourth-order valence-electron chi connectivity index (χ4n) is 1.44. The molecule has 1 aromatic carbocycles. The van der Waals surface area contributed by atoms with Gasteiger partial charge in [0.25, 0.3) is 0 Å². The van der Waals surface area contributed by atoms with Gasteiger partial charge in [-0.15, -0.1) is 0 Å². The van der Waals surface area contributed by atoms with Crippen LogP contribution < -0.4 is 5.73 Å². The average molecular weight is 236 g/mol. The third-order valence-corrected chi connectivity index (χ3v) is 2.44. The van der Waals surface area contributed by atoms with Gasteiger partial charge in [-0.25, -0.2) is 4.79 Å². The molecule has 0 saturated heterocycles. The minimum absolute atomic E-state index is 0.111. The Hall–Kier alpha value is -2.04. The summed E-state index contributed by atoms with van der Waals surface area (Å²) in [5, 5.41) is 8.80. The molecule has 0 saturated carbocycles. The summed E-state index contributed by atoms with van der Waals surface area (Å²) in [5.41, 5.74) is 6.15. The van der Waals surface area contributed by atoms with Crippen molar-refractivity contribution in [3.8, 4) is 0 Å². The molecule has 1 atom stereocenters. The first-order valence-corrected chi connectivity index (χ1v) is 5.32. The Morgan fingerprint density at radius 1 is 1.35 bits per heavy atom. The second-order valence-corrected chi connectivity index (χ2v) is 3.94. The van der Waals surface area contributed by atoms with Gasteiger partial charge in [-0.05, 0) is 5.56 Å². The lowest BCUT2D eigenvalue weighted by atomic mass is 10.1. The lowest BCUT2D eigenvalue weighted by Crippen LogP contribution is -2.39. The summed E-state index contributed by atoms with van der Waals surface area (Å²) in [7, 11) is 0. The number of aliphatic carboxylic acids is 1. The molecule has 1 rings (SSSR count). The second kappa shape index (κ2) is 5.89. The summed E-state index contributed by atoms with van der Waals surface area (Å²) in [4.78, 5) is 23.3. The van der Waals surface area contributed by atoms with Crippen molar-refractivity contribution in [3.05, 3.63) is 35.9 Å². The van der Waals surface area contributed by atoms with Gasteiger partial charge < -0.3 is 15.7 Å². The van der Waals surface area contributed by atoms with Gasteiger partial charge in [0.1, 0.15) is 0 Å². The van der Waals surface area contributed by atoms with E-state index in [-0.39, 0.29) is 6.54 Å². The monoisotopic (exact) mass is 236 g/mol. The molecule has 0 fully saturated rings. The van der Waals surface area contributed by atoms with Crippen molar-refractivity contribution < 1.29 is 14.7 Å². The molecule has 0 aliphatic heterocycles. The maximum absolute atomic E-state index is 11.2. The number of amides is 2. The number of carbonyl (C=O) groups excluding carboxylic acids is 1. The molecule has 0 spiro atoms. The van der Waals surface area contributed by atoms with Gasteiger partial charge in [-0.2, -0.15) is 0 Å². The maximum Gasteiger partial charge on any atom is 0.315 e. The topological polar surface area (TPSA) is 83.6 Å².